The molecule has 0 aliphatic carbocycles. The van der Waals surface area contributed by atoms with Crippen LogP contribution in [-0.2, 0) is 13.0 Å². The van der Waals surface area contributed by atoms with Gasteiger partial charge in [0.1, 0.15) is 5.82 Å². The number of aromatic nitrogens is 2. The largest absolute Gasteiger partial charge is 0.328 e. The van der Waals surface area contributed by atoms with Gasteiger partial charge in [0.2, 0.25) is 0 Å². The molecule has 1 aromatic heterocycles. The number of aryl methyl sites for hydroxylation is 2. The molecule has 0 atom stereocenters. The van der Waals surface area contributed by atoms with E-state index >= 15 is 0 Å². The molecule has 0 spiro atoms. The first kappa shape index (κ1) is 14.1. The Bertz CT molecular complexity index is 540. The van der Waals surface area contributed by atoms with Gasteiger partial charge >= 0.3 is 0 Å². The smallest absolute Gasteiger partial charge is 0.111 e. The van der Waals surface area contributed by atoms with Gasteiger partial charge in [-0.2, -0.15) is 0 Å². The predicted molar refractivity (Wildman–Crippen MR) is 81.6 cm³/mol. The van der Waals surface area contributed by atoms with Crippen molar-refractivity contribution in [3.63, 3.8) is 0 Å². The van der Waals surface area contributed by atoms with E-state index in [0.29, 0.717) is 0 Å². The summed E-state index contributed by atoms with van der Waals surface area (Å²) in [5.74, 6) is 1.93. The molecule has 2 rings (SSSR count). The van der Waals surface area contributed by atoms with E-state index in [-0.39, 0.29) is 0 Å². The third kappa shape index (κ3) is 3.35. The molecular weight excluding hydrogens is 234 g/mol. The standard InChI is InChI=1S/C16H25N3/c1-12(2)8-10-19-15-6-5-13(3)11-14(15)18-16(19)7-9-17-4/h5-6,11-12,17H,7-10H2,1-4H3. The maximum atomic E-state index is 4.81. The lowest BCUT2D eigenvalue weighted by Gasteiger charge is -2.11. The molecule has 0 aliphatic heterocycles. The summed E-state index contributed by atoms with van der Waals surface area (Å²) < 4.78 is 2.39. The van der Waals surface area contributed by atoms with E-state index in [2.05, 4.69) is 48.9 Å². The Hall–Kier alpha value is -1.35. The highest BCUT2D eigenvalue weighted by molar-refractivity contribution is 5.76. The van der Waals surface area contributed by atoms with Crippen molar-refractivity contribution in [1.82, 2.24) is 14.9 Å². The zero-order chi connectivity index (χ0) is 13.8. The lowest BCUT2D eigenvalue weighted by atomic mass is 10.1. The van der Waals surface area contributed by atoms with E-state index in [9.17, 15) is 0 Å². The summed E-state index contributed by atoms with van der Waals surface area (Å²) >= 11 is 0. The van der Waals surface area contributed by atoms with Crippen LogP contribution in [0.25, 0.3) is 11.0 Å². The molecule has 0 aliphatic rings. The summed E-state index contributed by atoms with van der Waals surface area (Å²) in [4.78, 5) is 4.81. The van der Waals surface area contributed by atoms with Gasteiger partial charge in [-0.05, 0) is 44.0 Å². The van der Waals surface area contributed by atoms with Crippen LogP contribution in [0.5, 0.6) is 0 Å². The van der Waals surface area contributed by atoms with Crippen molar-refractivity contribution < 1.29 is 0 Å². The molecule has 1 N–H and O–H groups in total. The van der Waals surface area contributed by atoms with Crippen LogP contribution in [0.4, 0.5) is 0 Å². The van der Waals surface area contributed by atoms with Crippen molar-refractivity contribution in [3.8, 4) is 0 Å². The molecule has 1 heterocycles. The number of hydrogen-bond donors (Lipinski definition) is 1. The SMILES string of the molecule is CNCCc1nc2cc(C)ccc2n1CCC(C)C. The molecule has 2 aromatic rings. The van der Waals surface area contributed by atoms with Crippen molar-refractivity contribution in [2.45, 2.75) is 40.2 Å². The average molecular weight is 259 g/mol. The van der Waals surface area contributed by atoms with Gasteiger partial charge in [0.25, 0.3) is 0 Å². The number of nitrogens with one attached hydrogen (secondary N) is 1. The maximum Gasteiger partial charge on any atom is 0.111 e. The molecule has 104 valence electrons. The van der Waals surface area contributed by atoms with Gasteiger partial charge in [-0.3, -0.25) is 0 Å². The predicted octanol–water partition coefficient (Wildman–Crippen LogP) is 3.15. The number of fused-ring (bicyclic) bond motifs is 1. The topological polar surface area (TPSA) is 29.9 Å². The third-order valence-corrected chi connectivity index (χ3v) is 3.51. The number of hydrogen-bond acceptors (Lipinski definition) is 2. The van der Waals surface area contributed by atoms with E-state index in [0.717, 1.165) is 30.9 Å². The molecule has 0 unspecified atom stereocenters. The van der Waals surface area contributed by atoms with Gasteiger partial charge < -0.3 is 9.88 Å². The van der Waals surface area contributed by atoms with Gasteiger partial charge in [0.05, 0.1) is 11.0 Å². The highest BCUT2D eigenvalue weighted by Gasteiger charge is 2.10. The van der Waals surface area contributed by atoms with Crippen LogP contribution in [-0.4, -0.2) is 23.1 Å². The minimum absolute atomic E-state index is 0.722. The van der Waals surface area contributed by atoms with Crippen molar-refractivity contribution in [2.24, 2.45) is 5.92 Å². The summed E-state index contributed by atoms with van der Waals surface area (Å²) in [6.07, 6.45) is 2.19. The number of nitrogens with zero attached hydrogens (tertiary/aromatic N) is 2. The number of likely N-dealkylation sites (N-methyl/N-ethyl adjacent to an activating group) is 1. The number of imidazole rings is 1. The molecule has 19 heavy (non-hydrogen) atoms. The fourth-order valence-corrected chi connectivity index (χ4v) is 2.35. The number of rotatable bonds is 6. The van der Waals surface area contributed by atoms with Crippen molar-refractivity contribution in [1.29, 1.82) is 0 Å². The fraction of sp³-hybridized carbons (Fsp3) is 0.562. The van der Waals surface area contributed by atoms with Crippen LogP contribution < -0.4 is 5.32 Å². The van der Waals surface area contributed by atoms with E-state index in [1.165, 1.54) is 23.3 Å². The molecule has 0 amide bonds. The van der Waals surface area contributed by atoms with Gasteiger partial charge in [-0.15, -0.1) is 0 Å². The van der Waals surface area contributed by atoms with Crippen molar-refractivity contribution in [2.75, 3.05) is 13.6 Å². The first-order chi connectivity index (χ1) is 9.11. The Balaban J connectivity index is 2.36. The molecule has 3 nitrogen and oxygen atoms in total. The first-order valence-electron chi connectivity index (χ1n) is 7.22. The minimum atomic E-state index is 0.722. The van der Waals surface area contributed by atoms with Gasteiger partial charge in [-0.1, -0.05) is 19.9 Å². The molecule has 0 saturated heterocycles. The summed E-state index contributed by atoms with van der Waals surface area (Å²) in [6.45, 7) is 8.72. The second-order valence-electron chi connectivity index (χ2n) is 5.71. The summed E-state index contributed by atoms with van der Waals surface area (Å²) in [7, 11) is 1.99. The summed E-state index contributed by atoms with van der Waals surface area (Å²) in [5, 5.41) is 3.21. The van der Waals surface area contributed by atoms with Gasteiger partial charge in [0, 0.05) is 19.5 Å². The lowest BCUT2D eigenvalue weighted by molar-refractivity contribution is 0.510. The van der Waals surface area contributed by atoms with E-state index in [1.54, 1.807) is 0 Å². The van der Waals surface area contributed by atoms with Gasteiger partial charge in [-0.25, -0.2) is 4.98 Å². The highest BCUT2D eigenvalue weighted by Crippen LogP contribution is 2.19. The van der Waals surface area contributed by atoms with Crippen LogP contribution >= 0.6 is 0 Å². The Labute approximate surface area is 116 Å². The first-order valence-corrected chi connectivity index (χ1v) is 7.22. The van der Waals surface area contributed by atoms with E-state index in [1.807, 2.05) is 7.05 Å². The summed E-state index contributed by atoms with van der Waals surface area (Å²) in [5.41, 5.74) is 3.69. The average Bonchev–Trinajstić information content (AvgIpc) is 2.70. The fourth-order valence-electron chi connectivity index (χ4n) is 2.35. The quantitative estimate of drug-likeness (QED) is 0.863. The second kappa shape index (κ2) is 6.20. The molecule has 3 heteroatoms. The highest BCUT2D eigenvalue weighted by atomic mass is 15.1. The zero-order valence-corrected chi connectivity index (χ0v) is 12.5. The molecular formula is C16H25N3. The van der Waals surface area contributed by atoms with Gasteiger partial charge in [0.15, 0.2) is 0 Å². The Morgan fingerprint density at radius 1 is 1.32 bits per heavy atom. The molecule has 0 fully saturated rings. The summed E-state index contributed by atoms with van der Waals surface area (Å²) in [6, 6.07) is 6.57. The van der Waals surface area contributed by atoms with E-state index in [4.69, 9.17) is 4.98 Å². The molecule has 0 saturated carbocycles. The van der Waals surface area contributed by atoms with Crippen LogP contribution in [0.1, 0.15) is 31.7 Å². The van der Waals surface area contributed by atoms with Crippen LogP contribution in [0.2, 0.25) is 0 Å². The Kier molecular flexibility index (Phi) is 4.59. The zero-order valence-electron chi connectivity index (χ0n) is 12.5. The third-order valence-electron chi connectivity index (χ3n) is 3.51. The minimum Gasteiger partial charge on any atom is -0.328 e. The second-order valence-corrected chi connectivity index (χ2v) is 5.71. The van der Waals surface area contributed by atoms with Crippen LogP contribution in [0, 0.1) is 12.8 Å². The maximum absolute atomic E-state index is 4.81. The lowest BCUT2D eigenvalue weighted by Crippen LogP contribution is -2.14. The van der Waals surface area contributed by atoms with Crippen LogP contribution in [0.15, 0.2) is 18.2 Å². The van der Waals surface area contributed by atoms with Crippen LogP contribution in [0.3, 0.4) is 0 Å². The van der Waals surface area contributed by atoms with E-state index < -0.39 is 0 Å². The van der Waals surface area contributed by atoms with Crippen molar-refractivity contribution in [3.05, 3.63) is 29.6 Å². The molecule has 0 bridgehead atoms. The number of benzene rings is 1. The Morgan fingerprint density at radius 2 is 2.11 bits per heavy atom. The monoisotopic (exact) mass is 259 g/mol. The normalized spacial score (nSPS) is 11.6. The molecule has 1 aromatic carbocycles. The molecule has 0 radical (unpaired) electrons. The van der Waals surface area contributed by atoms with Crippen molar-refractivity contribution >= 4 is 11.0 Å². The Morgan fingerprint density at radius 3 is 2.79 bits per heavy atom.